The molecule has 0 spiro atoms. The molecular weight excluding hydrogens is 244 g/mol. The van der Waals surface area contributed by atoms with Crippen LogP contribution in [0.4, 0.5) is 0 Å². The number of aliphatic imine (C=N–C) groups is 1. The molecule has 2 heterocycles. The Morgan fingerprint density at radius 3 is 3.18 bits per heavy atom. The molecule has 2 rings (SSSR count). The van der Waals surface area contributed by atoms with Gasteiger partial charge in [-0.2, -0.15) is 0 Å². The Morgan fingerprint density at radius 2 is 2.47 bits per heavy atom. The number of carbonyl (C=O) groups is 1. The van der Waals surface area contributed by atoms with Crippen LogP contribution in [0.2, 0.25) is 0 Å². The van der Waals surface area contributed by atoms with E-state index in [0.717, 1.165) is 18.0 Å². The van der Waals surface area contributed by atoms with Crippen molar-refractivity contribution in [3.63, 3.8) is 0 Å². The summed E-state index contributed by atoms with van der Waals surface area (Å²) in [6.45, 7) is 1.73. The lowest BCUT2D eigenvalue weighted by Gasteiger charge is -2.29. The van der Waals surface area contributed by atoms with Crippen molar-refractivity contribution >= 4 is 22.9 Å². The van der Waals surface area contributed by atoms with Gasteiger partial charge in [-0.1, -0.05) is 11.8 Å². The van der Waals surface area contributed by atoms with Gasteiger partial charge in [-0.25, -0.2) is 5.48 Å². The summed E-state index contributed by atoms with van der Waals surface area (Å²) in [6.07, 6.45) is 1.78. The van der Waals surface area contributed by atoms with Gasteiger partial charge < -0.3 is 9.47 Å². The summed E-state index contributed by atoms with van der Waals surface area (Å²) in [7, 11) is 1.55. The maximum absolute atomic E-state index is 10.7. The van der Waals surface area contributed by atoms with E-state index >= 15 is 0 Å². The molecule has 0 radical (unpaired) electrons. The summed E-state index contributed by atoms with van der Waals surface area (Å²) >= 11 is 1.51. The molecule has 0 aliphatic carbocycles. The van der Waals surface area contributed by atoms with E-state index in [9.17, 15) is 4.79 Å². The predicted octanol–water partition coefficient (Wildman–Crippen LogP) is 0.677. The number of thioether (sulfide) groups is 1. The van der Waals surface area contributed by atoms with Gasteiger partial charge in [-0.3, -0.25) is 14.6 Å². The quantitative estimate of drug-likeness (QED) is 0.594. The summed E-state index contributed by atoms with van der Waals surface area (Å²) in [5, 5.41) is 0.746. The third kappa shape index (κ3) is 3.34. The molecular formula is C10H16N2O4S. The second kappa shape index (κ2) is 5.70. The first-order valence-corrected chi connectivity index (χ1v) is 6.39. The number of hydroxylamine groups is 1. The number of ether oxygens (including phenoxy) is 2. The second-order valence-electron chi connectivity index (χ2n) is 3.93. The monoisotopic (exact) mass is 260 g/mol. The minimum absolute atomic E-state index is 0.00181. The van der Waals surface area contributed by atoms with Gasteiger partial charge in [0.1, 0.15) is 12.0 Å². The third-order valence-corrected chi connectivity index (χ3v) is 3.67. The van der Waals surface area contributed by atoms with Gasteiger partial charge in [-0.15, -0.1) is 0 Å². The highest BCUT2D eigenvalue weighted by atomic mass is 32.2. The van der Waals surface area contributed by atoms with Gasteiger partial charge in [0.15, 0.2) is 5.17 Å². The van der Waals surface area contributed by atoms with Crippen molar-refractivity contribution in [3.8, 4) is 0 Å². The molecule has 1 saturated heterocycles. The van der Waals surface area contributed by atoms with E-state index in [4.69, 9.17) is 14.3 Å². The van der Waals surface area contributed by atoms with E-state index in [1.54, 1.807) is 7.11 Å². The Balaban J connectivity index is 1.80. The minimum Gasteiger partial charge on any atom is -0.463 e. The summed E-state index contributed by atoms with van der Waals surface area (Å²) in [6, 6.07) is 0.172. The molecule has 2 aliphatic rings. The van der Waals surface area contributed by atoms with Gasteiger partial charge in [-0.05, 0) is 12.8 Å². The van der Waals surface area contributed by atoms with Crippen LogP contribution in [0.3, 0.4) is 0 Å². The third-order valence-electron chi connectivity index (χ3n) is 2.60. The van der Waals surface area contributed by atoms with Gasteiger partial charge in [0.2, 0.25) is 0 Å². The standard InChI is InChI=1S/C10H16N2O4S/c1-6(13)15-5-7-3-4-8-9(16-7)17-10(11-8)12-14-2/h7-9H,3-5H2,1-2H3,(H,11,12)/t7-,8-,9-/m1/s1. The zero-order valence-corrected chi connectivity index (χ0v) is 10.7. The fraction of sp³-hybridized carbons (Fsp3) is 0.800. The van der Waals surface area contributed by atoms with Gasteiger partial charge in [0.25, 0.3) is 0 Å². The Labute approximate surface area is 104 Å². The van der Waals surface area contributed by atoms with Crippen LogP contribution in [0.25, 0.3) is 0 Å². The second-order valence-corrected chi connectivity index (χ2v) is 5.02. The highest BCUT2D eigenvalue weighted by Crippen LogP contribution is 2.35. The molecule has 96 valence electrons. The first kappa shape index (κ1) is 12.7. The highest BCUT2D eigenvalue weighted by Gasteiger charge is 2.37. The molecule has 1 fully saturated rings. The molecule has 1 N–H and O–H groups in total. The Hall–Kier alpha value is -0.790. The smallest absolute Gasteiger partial charge is 0.302 e. The number of fused-ring (bicyclic) bond motifs is 1. The van der Waals surface area contributed by atoms with E-state index < -0.39 is 0 Å². The van der Waals surface area contributed by atoms with E-state index in [0.29, 0.717) is 6.61 Å². The van der Waals surface area contributed by atoms with E-state index in [1.807, 2.05) is 0 Å². The largest absolute Gasteiger partial charge is 0.463 e. The molecule has 0 saturated carbocycles. The van der Waals surface area contributed by atoms with Crippen LogP contribution >= 0.6 is 11.8 Å². The maximum atomic E-state index is 10.7. The summed E-state index contributed by atoms with van der Waals surface area (Å²) < 4.78 is 10.8. The average molecular weight is 260 g/mol. The Bertz CT molecular complexity index is 323. The molecule has 6 nitrogen and oxygen atoms in total. The number of hydrogen-bond donors (Lipinski definition) is 1. The molecule has 7 heteroatoms. The van der Waals surface area contributed by atoms with Gasteiger partial charge in [0.05, 0.1) is 19.3 Å². The maximum Gasteiger partial charge on any atom is 0.302 e. The Morgan fingerprint density at radius 1 is 1.65 bits per heavy atom. The topological polar surface area (TPSA) is 69.1 Å². The molecule has 3 atom stereocenters. The summed E-state index contributed by atoms with van der Waals surface area (Å²) in [5.41, 5.74) is 2.72. The molecule has 0 bridgehead atoms. The summed E-state index contributed by atoms with van der Waals surface area (Å²) in [5.74, 6) is -0.271. The van der Waals surface area contributed by atoms with Crippen molar-refractivity contribution < 1.29 is 19.1 Å². The number of carbonyl (C=O) groups excluding carboxylic acids is 1. The number of hydrogen-bond acceptors (Lipinski definition) is 7. The molecule has 0 aromatic heterocycles. The SMILES string of the molecule is CONC1=N[C@@H]2CC[C@H](COC(C)=O)O[C@@H]2S1. The molecule has 0 aromatic carbocycles. The number of rotatable bonds is 3. The highest BCUT2D eigenvalue weighted by molar-refractivity contribution is 8.14. The molecule has 0 amide bonds. The molecule has 17 heavy (non-hydrogen) atoms. The molecule has 0 aromatic rings. The fourth-order valence-corrected chi connectivity index (χ4v) is 2.95. The van der Waals surface area contributed by atoms with Crippen LogP contribution < -0.4 is 5.48 Å². The fourth-order valence-electron chi connectivity index (χ4n) is 1.83. The molecule has 2 aliphatic heterocycles. The van der Waals surface area contributed by atoms with Crippen molar-refractivity contribution in [1.82, 2.24) is 5.48 Å². The lowest BCUT2D eigenvalue weighted by molar-refractivity contribution is -0.147. The Kier molecular flexibility index (Phi) is 4.25. The van der Waals surface area contributed by atoms with Crippen molar-refractivity contribution in [3.05, 3.63) is 0 Å². The van der Waals surface area contributed by atoms with Crippen molar-refractivity contribution in [1.29, 1.82) is 0 Å². The van der Waals surface area contributed by atoms with Crippen LogP contribution in [0.1, 0.15) is 19.8 Å². The van der Waals surface area contributed by atoms with E-state index in [-0.39, 0.29) is 23.6 Å². The number of esters is 1. The zero-order valence-electron chi connectivity index (χ0n) is 9.84. The zero-order chi connectivity index (χ0) is 12.3. The summed E-state index contributed by atoms with van der Waals surface area (Å²) in [4.78, 5) is 20.0. The predicted molar refractivity (Wildman–Crippen MR) is 63.5 cm³/mol. The molecule has 0 unspecified atom stereocenters. The first-order chi connectivity index (χ1) is 8.19. The number of nitrogens with zero attached hydrogens (tertiary/aromatic N) is 1. The number of amidine groups is 1. The van der Waals surface area contributed by atoms with Gasteiger partial charge >= 0.3 is 5.97 Å². The number of nitrogens with one attached hydrogen (secondary N) is 1. The van der Waals surface area contributed by atoms with Crippen LogP contribution in [-0.2, 0) is 19.1 Å². The first-order valence-electron chi connectivity index (χ1n) is 5.51. The van der Waals surface area contributed by atoms with Crippen LogP contribution in [-0.4, -0.2) is 42.4 Å². The lowest BCUT2D eigenvalue weighted by Crippen LogP contribution is -2.36. The van der Waals surface area contributed by atoms with E-state index in [1.165, 1.54) is 18.7 Å². The van der Waals surface area contributed by atoms with Crippen LogP contribution in [0.15, 0.2) is 4.99 Å². The van der Waals surface area contributed by atoms with Crippen LogP contribution in [0, 0.1) is 0 Å². The van der Waals surface area contributed by atoms with Crippen molar-refractivity contribution in [2.24, 2.45) is 4.99 Å². The van der Waals surface area contributed by atoms with Crippen molar-refractivity contribution in [2.75, 3.05) is 13.7 Å². The average Bonchev–Trinajstić information content (AvgIpc) is 2.68. The van der Waals surface area contributed by atoms with Crippen LogP contribution in [0.5, 0.6) is 0 Å². The minimum atomic E-state index is -0.271. The van der Waals surface area contributed by atoms with E-state index in [2.05, 4.69) is 10.5 Å². The van der Waals surface area contributed by atoms with Gasteiger partial charge in [0, 0.05) is 6.92 Å². The van der Waals surface area contributed by atoms with Crippen molar-refractivity contribution in [2.45, 2.75) is 37.3 Å². The normalized spacial score (nSPS) is 31.6. The lowest BCUT2D eigenvalue weighted by atomic mass is 10.1.